The fraction of sp³-hybridized carbons (Fsp3) is 0.0408. The third-order valence-electron chi connectivity index (χ3n) is 11.0. The number of aliphatic imine (C=N–C) groups is 1. The van der Waals surface area contributed by atoms with Crippen molar-refractivity contribution in [3.05, 3.63) is 205 Å². The SMILES string of the molecule is C1=CC(n2c3ccccc3c3cc4c5ccccc5n(-c5ccccc5)c4cc32)NC(c2ccc3c(c2)NC(c2ccccc2)C(c2ccccc2)=N3)=C1. The molecule has 2 atom stereocenters. The number of para-hydroxylation sites is 3. The van der Waals surface area contributed by atoms with Crippen LogP contribution in [0.4, 0.5) is 11.4 Å². The van der Waals surface area contributed by atoms with Gasteiger partial charge in [-0.05, 0) is 77.4 Å². The second kappa shape index (κ2) is 12.2. The van der Waals surface area contributed by atoms with Crippen LogP contribution in [0.2, 0.25) is 0 Å². The third-order valence-corrected chi connectivity index (χ3v) is 11.0. The molecule has 0 bridgehead atoms. The molecule has 0 saturated carbocycles. The summed E-state index contributed by atoms with van der Waals surface area (Å²) >= 11 is 0. The molecule has 5 nitrogen and oxygen atoms in total. The largest absolute Gasteiger partial charge is 0.371 e. The Bertz CT molecular complexity index is 2990. The van der Waals surface area contributed by atoms with E-state index >= 15 is 0 Å². The highest BCUT2D eigenvalue weighted by atomic mass is 15.2. The molecule has 2 unspecified atom stereocenters. The zero-order chi connectivity index (χ0) is 35.6. The number of anilines is 1. The van der Waals surface area contributed by atoms with Crippen LogP contribution >= 0.6 is 0 Å². The van der Waals surface area contributed by atoms with Gasteiger partial charge in [-0.1, -0.05) is 127 Å². The lowest BCUT2D eigenvalue weighted by Gasteiger charge is -2.29. The Kier molecular flexibility index (Phi) is 6.92. The van der Waals surface area contributed by atoms with Crippen molar-refractivity contribution in [3.8, 4) is 5.69 Å². The number of allylic oxidation sites excluding steroid dienone is 2. The van der Waals surface area contributed by atoms with Gasteiger partial charge >= 0.3 is 0 Å². The first-order chi connectivity index (χ1) is 26.8. The van der Waals surface area contributed by atoms with Crippen LogP contribution in [-0.2, 0) is 0 Å². The molecule has 54 heavy (non-hydrogen) atoms. The summed E-state index contributed by atoms with van der Waals surface area (Å²) in [6, 6.07) is 60.6. The fourth-order valence-electron chi connectivity index (χ4n) is 8.52. The van der Waals surface area contributed by atoms with E-state index in [9.17, 15) is 0 Å². The van der Waals surface area contributed by atoms with Crippen LogP contribution in [-0.4, -0.2) is 14.8 Å². The van der Waals surface area contributed by atoms with E-state index in [2.05, 4.69) is 208 Å². The van der Waals surface area contributed by atoms with Gasteiger partial charge in [0.15, 0.2) is 0 Å². The molecule has 0 fully saturated rings. The van der Waals surface area contributed by atoms with Crippen molar-refractivity contribution in [1.29, 1.82) is 0 Å². The standard InChI is InChI=1S/C49H35N5/c1-4-15-32(16-5-1)48-49(33-17-6-2-7-18-33)52-42-29-34(27-28-41(42)51-48)40-23-14-26-47(50-40)54-44-25-13-11-22-37(44)39-30-38-36-21-10-12-24-43(36)53(45(38)31-46(39)54)35-19-8-3-9-20-35/h1-31,47,49-50,52H. The van der Waals surface area contributed by atoms with Crippen molar-refractivity contribution >= 4 is 66.4 Å². The minimum Gasteiger partial charge on any atom is -0.371 e. The number of hydrogen-bond acceptors (Lipinski definition) is 3. The Morgan fingerprint density at radius 3 is 1.96 bits per heavy atom. The van der Waals surface area contributed by atoms with Crippen LogP contribution in [0.1, 0.15) is 28.9 Å². The molecule has 11 rings (SSSR count). The molecule has 5 heteroatoms. The van der Waals surface area contributed by atoms with Gasteiger partial charge in [0.05, 0.1) is 45.2 Å². The van der Waals surface area contributed by atoms with E-state index in [1.165, 1.54) is 49.2 Å². The van der Waals surface area contributed by atoms with Gasteiger partial charge in [0.2, 0.25) is 0 Å². The predicted molar refractivity (Wildman–Crippen MR) is 225 cm³/mol. The number of rotatable bonds is 5. The minimum atomic E-state index is -0.108. The first kappa shape index (κ1) is 30.5. The summed E-state index contributed by atoms with van der Waals surface area (Å²) < 4.78 is 4.86. The van der Waals surface area contributed by atoms with E-state index in [0.717, 1.165) is 39.6 Å². The van der Waals surface area contributed by atoms with E-state index in [1.807, 2.05) is 0 Å². The van der Waals surface area contributed by atoms with Gasteiger partial charge in [0.1, 0.15) is 6.17 Å². The number of nitrogens with zero attached hydrogens (tertiary/aromatic N) is 3. The second-order valence-electron chi connectivity index (χ2n) is 14.1. The van der Waals surface area contributed by atoms with Gasteiger partial charge in [-0.3, -0.25) is 0 Å². The van der Waals surface area contributed by atoms with E-state index < -0.39 is 0 Å². The Hall–Kier alpha value is -7.11. The average Bonchev–Trinajstić information content (AvgIpc) is 3.75. The molecule has 0 saturated heterocycles. The number of fused-ring (bicyclic) bond motifs is 7. The number of nitrogens with one attached hydrogen (secondary N) is 2. The van der Waals surface area contributed by atoms with Gasteiger partial charge in [0, 0.05) is 32.9 Å². The first-order valence-corrected chi connectivity index (χ1v) is 18.5. The maximum atomic E-state index is 5.25. The van der Waals surface area contributed by atoms with Gasteiger partial charge in [0.25, 0.3) is 0 Å². The van der Waals surface area contributed by atoms with Crippen LogP contribution < -0.4 is 10.6 Å². The highest BCUT2D eigenvalue weighted by Crippen LogP contribution is 2.42. The van der Waals surface area contributed by atoms with Crippen molar-refractivity contribution in [3.63, 3.8) is 0 Å². The lowest BCUT2D eigenvalue weighted by molar-refractivity contribution is 0.589. The summed E-state index contributed by atoms with van der Waals surface area (Å²) in [5.74, 6) is 0. The highest BCUT2D eigenvalue weighted by molar-refractivity contribution is 6.19. The van der Waals surface area contributed by atoms with Gasteiger partial charge < -0.3 is 19.8 Å². The van der Waals surface area contributed by atoms with Crippen molar-refractivity contribution in [2.45, 2.75) is 12.2 Å². The molecule has 7 aromatic carbocycles. The summed E-state index contributed by atoms with van der Waals surface area (Å²) in [5.41, 5.74) is 13.4. The number of dihydropyridines is 1. The van der Waals surface area contributed by atoms with Crippen molar-refractivity contribution in [1.82, 2.24) is 14.5 Å². The van der Waals surface area contributed by atoms with Gasteiger partial charge in [-0.25, -0.2) is 4.99 Å². The van der Waals surface area contributed by atoms with Crippen molar-refractivity contribution in [2.24, 2.45) is 4.99 Å². The molecule has 256 valence electrons. The molecular weight excluding hydrogens is 659 g/mol. The molecule has 2 aromatic heterocycles. The lowest BCUT2D eigenvalue weighted by atomic mass is 9.94. The lowest BCUT2D eigenvalue weighted by Crippen LogP contribution is -2.26. The van der Waals surface area contributed by atoms with E-state index in [4.69, 9.17) is 4.99 Å². The maximum Gasteiger partial charge on any atom is 0.123 e. The van der Waals surface area contributed by atoms with Crippen molar-refractivity contribution in [2.75, 3.05) is 5.32 Å². The molecule has 2 N–H and O–H groups in total. The predicted octanol–water partition coefficient (Wildman–Crippen LogP) is 11.9. The monoisotopic (exact) mass is 693 g/mol. The summed E-state index contributed by atoms with van der Waals surface area (Å²) in [7, 11) is 0. The number of benzene rings is 7. The number of aromatic nitrogens is 2. The van der Waals surface area contributed by atoms with Crippen molar-refractivity contribution < 1.29 is 0 Å². The summed E-state index contributed by atoms with van der Waals surface area (Å²) in [5, 5.41) is 12.8. The Balaban J connectivity index is 1.02. The Morgan fingerprint density at radius 2 is 1.17 bits per heavy atom. The molecular formula is C49H35N5. The molecule has 0 radical (unpaired) electrons. The average molecular weight is 694 g/mol. The zero-order valence-electron chi connectivity index (χ0n) is 29.4. The summed E-state index contributed by atoms with van der Waals surface area (Å²) in [4.78, 5) is 5.25. The van der Waals surface area contributed by atoms with Gasteiger partial charge in [-0.2, -0.15) is 0 Å². The molecule has 0 spiro atoms. The molecule has 2 aliphatic heterocycles. The maximum absolute atomic E-state index is 5.25. The second-order valence-corrected chi connectivity index (χ2v) is 14.1. The molecule has 2 aliphatic rings. The van der Waals surface area contributed by atoms with Gasteiger partial charge in [-0.15, -0.1) is 0 Å². The van der Waals surface area contributed by atoms with E-state index in [0.29, 0.717) is 0 Å². The summed E-state index contributed by atoms with van der Waals surface area (Å²) in [6.07, 6.45) is 6.50. The Labute approximate surface area is 312 Å². The zero-order valence-corrected chi connectivity index (χ0v) is 29.4. The molecule has 0 amide bonds. The first-order valence-electron chi connectivity index (χ1n) is 18.5. The summed E-state index contributed by atoms with van der Waals surface area (Å²) in [6.45, 7) is 0. The van der Waals surface area contributed by atoms with Crippen LogP contribution in [0, 0.1) is 0 Å². The fourth-order valence-corrected chi connectivity index (χ4v) is 8.52. The van der Waals surface area contributed by atoms with E-state index in [1.54, 1.807) is 0 Å². The smallest absolute Gasteiger partial charge is 0.123 e. The van der Waals surface area contributed by atoms with Crippen LogP contribution in [0.25, 0.3) is 55.0 Å². The quantitative estimate of drug-likeness (QED) is 0.188. The molecule has 4 heterocycles. The minimum absolute atomic E-state index is 0.0711. The molecule has 9 aromatic rings. The Morgan fingerprint density at radius 1 is 0.500 bits per heavy atom. The van der Waals surface area contributed by atoms with Crippen LogP contribution in [0.15, 0.2) is 193 Å². The normalized spacial score (nSPS) is 16.6. The van der Waals surface area contributed by atoms with Crippen LogP contribution in [0.3, 0.4) is 0 Å². The van der Waals surface area contributed by atoms with Crippen LogP contribution in [0.5, 0.6) is 0 Å². The topological polar surface area (TPSA) is 46.3 Å². The number of hydrogen-bond donors (Lipinski definition) is 2. The third kappa shape index (κ3) is 4.82. The molecule has 0 aliphatic carbocycles. The highest BCUT2D eigenvalue weighted by Gasteiger charge is 2.27. The van der Waals surface area contributed by atoms with E-state index in [-0.39, 0.29) is 12.2 Å².